The van der Waals surface area contributed by atoms with Gasteiger partial charge in [-0.1, -0.05) is 37.6 Å². The number of hydrogen-bond donors (Lipinski definition) is 1. The van der Waals surface area contributed by atoms with Crippen molar-refractivity contribution in [2.24, 2.45) is 0 Å². The minimum Gasteiger partial charge on any atom is -0.381 e. The Morgan fingerprint density at radius 1 is 1.05 bits per heavy atom. The van der Waals surface area contributed by atoms with Crippen LogP contribution in [0.2, 0.25) is 0 Å². The topological polar surface area (TPSA) is 35.8 Å². The Labute approximate surface area is 121 Å². The van der Waals surface area contributed by atoms with Crippen LogP contribution < -0.4 is 5.32 Å². The van der Waals surface area contributed by atoms with Crippen molar-refractivity contribution in [2.75, 3.05) is 5.32 Å². The van der Waals surface area contributed by atoms with Crippen LogP contribution in [0.5, 0.6) is 0 Å². The number of rotatable bonds is 6. The molecule has 0 fully saturated rings. The fourth-order valence-electron chi connectivity index (χ4n) is 2.13. The first-order chi connectivity index (χ1) is 9.81. The third-order valence-corrected chi connectivity index (χ3v) is 3.33. The lowest BCUT2D eigenvalue weighted by atomic mass is 10.1. The summed E-state index contributed by atoms with van der Waals surface area (Å²) in [6.07, 6.45) is 3.63. The number of aryl methyl sites for hydroxylation is 1. The van der Waals surface area contributed by atoms with E-state index in [1.165, 1.54) is 18.4 Å². The van der Waals surface area contributed by atoms with Crippen molar-refractivity contribution in [3.63, 3.8) is 0 Å². The van der Waals surface area contributed by atoms with Gasteiger partial charge in [0.1, 0.15) is 0 Å². The van der Waals surface area contributed by atoms with Crippen LogP contribution in [-0.4, -0.2) is 0 Å². The first kappa shape index (κ1) is 14.1. The number of hydrogen-bond acceptors (Lipinski definition) is 2. The average Bonchev–Trinajstić information content (AvgIpc) is 2.52. The highest BCUT2D eigenvalue weighted by Gasteiger charge is 1.97. The minimum absolute atomic E-state index is 0.708. The van der Waals surface area contributed by atoms with Crippen LogP contribution in [0.25, 0.3) is 0 Å². The van der Waals surface area contributed by atoms with E-state index in [0.717, 1.165) is 24.2 Å². The summed E-state index contributed by atoms with van der Waals surface area (Å²) in [6.45, 7) is 2.95. The van der Waals surface area contributed by atoms with Crippen molar-refractivity contribution in [1.29, 1.82) is 5.26 Å². The predicted octanol–water partition coefficient (Wildman–Crippen LogP) is 4.51. The van der Waals surface area contributed by atoms with Crippen LogP contribution in [0.1, 0.15) is 36.5 Å². The van der Waals surface area contributed by atoms with Crippen molar-refractivity contribution < 1.29 is 0 Å². The zero-order valence-electron chi connectivity index (χ0n) is 11.9. The molecule has 2 aromatic rings. The van der Waals surface area contributed by atoms with Crippen LogP contribution in [0.15, 0.2) is 48.5 Å². The summed E-state index contributed by atoms with van der Waals surface area (Å²) in [6, 6.07) is 18.5. The first-order valence-electron chi connectivity index (χ1n) is 7.13. The molecular weight excluding hydrogens is 244 g/mol. The van der Waals surface area contributed by atoms with Gasteiger partial charge in [-0.25, -0.2) is 0 Å². The molecule has 0 heterocycles. The molecular formula is C18H20N2. The van der Waals surface area contributed by atoms with Crippen molar-refractivity contribution in [2.45, 2.75) is 32.7 Å². The number of anilines is 1. The molecule has 0 saturated heterocycles. The van der Waals surface area contributed by atoms with Gasteiger partial charge in [0.25, 0.3) is 0 Å². The quantitative estimate of drug-likeness (QED) is 0.833. The summed E-state index contributed by atoms with van der Waals surface area (Å²) in [5, 5.41) is 12.3. The standard InChI is InChI=1S/C18H20N2/c1-2-3-5-15-8-10-18(11-9-15)20-14-17-7-4-6-16(12-17)13-19/h4,6-12,20H,2-3,5,14H2,1H3. The highest BCUT2D eigenvalue weighted by Crippen LogP contribution is 2.13. The highest BCUT2D eigenvalue weighted by molar-refractivity contribution is 5.45. The van der Waals surface area contributed by atoms with Crippen LogP contribution >= 0.6 is 0 Å². The Hall–Kier alpha value is -2.27. The number of nitrogens with one attached hydrogen (secondary N) is 1. The van der Waals surface area contributed by atoms with Crippen LogP contribution in [0.3, 0.4) is 0 Å². The van der Waals surface area contributed by atoms with Gasteiger partial charge in [0.2, 0.25) is 0 Å². The normalized spacial score (nSPS) is 10.0. The van der Waals surface area contributed by atoms with E-state index in [1.807, 2.05) is 24.3 Å². The molecule has 2 aromatic carbocycles. The lowest BCUT2D eigenvalue weighted by Crippen LogP contribution is -1.99. The van der Waals surface area contributed by atoms with Crippen LogP contribution in [0, 0.1) is 11.3 Å². The molecule has 0 amide bonds. The maximum absolute atomic E-state index is 8.88. The Balaban J connectivity index is 1.92. The molecule has 0 aromatic heterocycles. The van der Waals surface area contributed by atoms with Crippen molar-refractivity contribution in [1.82, 2.24) is 0 Å². The number of nitrogens with zero attached hydrogens (tertiary/aromatic N) is 1. The fraction of sp³-hybridized carbons (Fsp3) is 0.278. The maximum Gasteiger partial charge on any atom is 0.0991 e. The molecule has 0 bridgehead atoms. The van der Waals surface area contributed by atoms with E-state index in [4.69, 9.17) is 5.26 Å². The van der Waals surface area contributed by atoms with Gasteiger partial charge in [-0.2, -0.15) is 5.26 Å². The van der Waals surface area contributed by atoms with E-state index in [0.29, 0.717) is 5.56 Å². The molecule has 2 rings (SSSR count). The minimum atomic E-state index is 0.708. The third-order valence-electron chi connectivity index (χ3n) is 3.33. The number of nitriles is 1. The van der Waals surface area contributed by atoms with Gasteiger partial charge in [0.05, 0.1) is 11.6 Å². The van der Waals surface area contributed by atoms with E-state index < -0.39 is 0 Å². The third kappa shape index (κ3) is 4.13. The molecule has 0 aliphatic rings. The van der Waals surface area contributed by atoms with E-state index in [-0.39, 0.29) is 0 Å². The summed E-state index contributed by atoms with van der Waals surface area (Å²) < 4.78 is 0. The second-order valence-corrected chi connectivity index (χ2v) is 4.97. The molecule has 0 spiro atoms. The number of unbranched alkanes of at least 4 members (excludes halogenated alkanes) is 1. The summed E-state index contributed by atoms with van der Waals surface area (Å²) in [5.41, 5.74) is 4.34. The molecule has 0 aliphatic heterocycles. The molecule has 0 radical (unpaired) electrons. The molecule has 0 atom stereocenters. The molecule has 0 unspecified atom stereocenters. The molecule has 2 nitrogen and oxygen atoms in total. The highest BCUT2D eigenvalue weighted by atomic mass is 14.9. The zero-order chi connectivity index (χ0) is 14.2. The molecule has 1 N–H and O–H groups in total. The van der Waals surface area contributed by atoms with E-state index in [2.05, 4.69) is 42.6 Å². The SMILES string of the molecule is CCCCc1ccc(NCc2cccc(C#N)c2)cc1. The molecule has 2 heteroatoms. The first-order valence-corrected chi connectivity index (χ1v) is 7.13. The summed E-state index contributed by atoms with van der Waals surface area (Å²) >= 11 is 0. The Bertz CT molecular complexity index is 579. The van der Waals surface area contributed by atoms with Gasteiger partial charge in [0, 0.05) is 12.2 Å². The monoisotopic (exact) mass is 264 g/mol. The largest absolute Gasteiger partial charge is 0.381 e. The molecule has 0 saturated carbocycles. The summed E-state index contributed by atoms with van der Waals surface area (Å²) in [7, 11) is 0. The van der Waals surface area contributed by atoms with E-state index >= 15 is 0 Å². The van der Waals surface area contributed by atoms with Crippen molar-refractivity contribution >= 4 is 5.69 Å². The maximum atomic E-state index is 8.88. The van der Waals surface area contributed by atoms with Crippen LogP contribution in [0.4, 0.5) is 5.69 Å². The summed E-state index contributed by atoms with van der Waals surface area (Å²) in [5.74, 6) is 0. The van der Waals surface area contributed by atoms with Gasteiger partial charge in [-0.05, 0) is 48.2 Å². The molecule has 20 heavy (non-hydrogen) atoms. The van der Waals surface area contributed by atoms with Crippen LogP contribution in [-0.2, 0) is 13.0 Å². The van der Waals surface area contributed by atoms with Crippen molar-refractivity contribution in [3.05, 3.63) is 65.2 Å². The van der Waals surface area contributed by atoms with Gasteiger partial charge >= 0.3 is 0 Å². The summed E-state index contributed by atoms with van der Waals surface area (Å²) in [4.78, 5) is 0. The Morgan fingerprint density at radius 2 is 1.85 bits per heavy atom. The van der Waals surface area contributed by atoms with Crippen molar-refractivity contribution in [3.8, 4) is 6.07 Å². The van der Waals surface area contributed by atoms with E-state index in [9.17, 15) is 0 Å². The number of benzene rings is 2. The van der Waals surface area contributed by atoms with Gasteiger partial charge in [-0.3, -0.25) is 0 Å². The molecule has 0 aliphatic carbocycles. The average molecular weight is 264 g/mol. The predicted molar refractivity (Wildman–Crippen MR) is 83.5 cm³/mol. The van der Waals surface area contributed by atoms with Gasteiger partial charge in [0.15, 0.2) is 0 Å². The Morgan fingerprint density at radius 3 is 2.55 bits per heavy atom. The lowest BCUT2D eigenvalue weighted by molar-refractivity contribution is 0.795. The van der Waals surface area contributed by atoms with Gasteiger partial charge < -0.3 is 5.32 Å². The van der Waals surface area contributed by atoms with Gasteiger partial charge in [-0.15, -0.1) is 0 Å². The second kappa shape index (κ2) is 7.35. The second-order valence-electron chi connectivity index (χ2n) is 4.97. The smallest absolute Gasteiger partial charge is 0.0991 e. The molecule has 102 valence electrons. The lowest BCUT2D eigenvalue weighted by Gasteiger charge is -2.08. The zero-order valence-corrected chi connectivity index (χ0v) is 11.9. The Kier molecular flexibility index (Phi) is 5.20. The van der Waals surface area contributed by atoms with E-state index in [1.54, 1.807) is 0 Å². The fourth-order valence-corrected chi connectivity index (χ4v) is 2.13.